The van der Waals surface area contributed by atoms with Gasteiger partial charge in [0.2, 0.25) is 0 Å². The summed E-state index contributed by atoms with van der Waals surface area (Å²) in [6, 6.07) is 0.177. The summed E-state index contributed by atoms with van der Waals surface area (Å²) in [5.74, 6) is 0.647. The largest absolute Gasteiger partial charge is 0.451 e. The minimum absolute atomic E-state index is 0. The maximum Gasteiger partial charge on any atom is 0.384 e. The SMILES string of the molecule is C=O.N.OC1CCCC(CCOC2=NC3CCC(O)CC3O2)CC1. The molecular weight excluding hydrogens is 312 g/mol. The van der Waals surface area contributed by atoms with Crippen LogP contribution in [0.4, 0.5) is 0 Å². The number of hydrogen-bond donors (Lipinski definition) is 3. The monoisotopic (exact) mass is 344 g/mol. The molecule has 3 aliphatic rings. The predicted molar refractivity (Wildman–Crippen MR) is 91.2 cm³/mol. The molecule has 140 valence electrons. The van der Waals surface area contributed by atoms with Gasteiger partial charge in [0.15, 0.2) is 0 Å². The number of carbonyl (C=O) groups excluding carboxylic acids is 1. The second-order valence-electron chi connectivity index (χ2n) is 6.75. The zero-order valence-electron chi connectivity index (χ0n) is 14.4. The lowest BCUT2D eigenvalue weighted by atomic mass is 9.91. The topological polar surface area (TPSA) is 123 Å². The van der Waals surface area contributed by atoms with Crippen LogP contribution in [0.1, 0.15) is 57.8 Å². The number of aliphatic hydroxyl groups excluding tert-OH is 2. The number of aliphatic hydroxyl groups is 2. The van der Waals surface area contributed by atoms with Crippen molar-refractivity contribution >= 4 is 12.9 Å². The van der Waals surface area contributed by atoms with Gasteiger partial charge in [0.25, 0.3) is 0 Å². The summed E-state index contributed by atoms with van der Waals surface area (Å²) in [6.45, 7) is 2.64. The van der Waals surface area contributed by atoms with E-state index >= 15 is 0 Å². The van der Waals surface area contributed by atoms with Gasteiger partial charge in [0.1, 0.15) is 12.9 Å². The lowest BCUT2D eigenvalue weighted by molar-refractivity contribution is -0.0980. The van der Waals surface area contributed by atoms with E-state index in [1.54, 1.807) is 0 Å². The van der Waals surface area contributed by atoms with Gasteiger partial charge in [-0.1, -0.05) is 12.8 Å². The Morgan fingerprint density at radius 2 is 1.83 bits per heavy atom. The summed E-state index contributed by atoms with van der Waals surface area (Å²) in [7, 11) is 0. The Morgan fingerprint density at radius 1 is 1.08 bits per heavy atom. The molecule has 5 N–H and O–H groups in total. The molecule has 5 atom stereocenters. The molecule has 0 aromatic rings. The molecule has 24 heavy (non-hydrogen) atoms. The average molecular weight is 344 g/mol. The smallest absolute Gasteiger partial charge is 0.384 e. The quantitative estimate of drug-likeness (QED) is 0.673. The fourth-order valence-corrected chi connectivity index (χ4v) is 3.69. The lowest BCUT2D eigenvalue weighted by Gasteiger charge is -2.25. The molecule has 0 amide bonds. The van der Waals surface area contributed by atoms with Gasteiger partial charge in [0.05, 0.1) is 24.9 Å². The van der Waals surface area contributed by atoms with Crippen molar-refractivity contribution in [1.82, 2.24) is 6.15 Å². The highest BCUT2D eigenvalue weighted by Crippen LogP contribution is 2.30. The summed E-state index contributed by atoms with van der Waals surface area (Å²) in [5, 5.41) is 19.3. The highest BCUT2D eigenvalue weighted by molar-refractivity contribution is 5.69. The molecular formula is C17H32N2O5. The van der Waals surface area contributed by atoms with Crippen molar-refractivity contribution in [2.45, 2.75) is 82.1 Å². The summed E-state index contributed by atoms with van der Waals surface area (Å²) in [4.78, 5) is 12.5. The molecule has 0 radical (unpaired) electrons. The van der Waals surface area contributed by atoms with Crippen LogP contribution in [0.25, 0.3) is 0 Å². The number of rotatable bonds is 3. The standard InChI is InChI=1S/C16H27NO4.CH2O.H3N/c18-12-3-1-2-11(4-5-12)8-9-20-16-17-14-7-6-13(19)10-15(14)21-16;1-2;/h11-15,18-19H,1-10H2;1H2;1H3. The average Bonchev–Trinajstić information content (AvgIpc) is 2.83. The Morgan fingerprint density at radius 3 is 2.62 bits per heavy atom. The second-order valence-corrected chi connectivity index (χ2v) is 6.75. The van der Waals surface area contributed by atoms with Crippen LogP contribution in [0, 0.1) is 5.92 Å². The van der Waals surface area contributed by atoms with E-state index in [9.17, 15) is 10.2 Å². The first-order chi connectivity index (χ1) is 11.2. The first-order valence-electron chi connectivity index (χ1n) is 8.73. The number of hydrogen-bond acceptors (Lipinski definition) is 7. The van der Waals surface area contributed by atoms with Crippen LogP contribution in [-0.2, 0) is 14.3 Å². The van der Waals surface area contributed by atoms with Gasteiger partial charge in [-0.25, -0.2) is 4.99 Å². The van der Waals surface area contributed by atoms with Gasteiger partial charge in [-0.3, -0.25) is 0 Å². The third-order valence-electron chi connectivity index (χ3n) is 5.06. The van der Waals surface area contributed by atoms with Crippen LogP contribution < -0.4 is 6.15 Å². The molecule has 2 fully saturated rings. The summed E-state index contributed by atoms with van der Waals surface area (Å²) in [5.41, 5.74) is 0. The van der Waals surface area contributed by atoms with Gasteiger partial charge in [0, 0.05) is 6.42 Å². The molecule has 0 saturated heterocycles. The summed E-state index contributed by atoms with van der Waals surface area (Å²) >= 11 is 0. The Kier molecular flexibility index (Phi) is 9.25. The molecule has 7 nitrogen and oxygen atoms in total. The van der Waals surface area contributed by atoms with Crippen LogP contribution in [0.15, 0.2) is 4.99 Å². The molecule has 5 unspecified atom stereocenters. The van der Waals surface area contributed by atoms with E-state index in [2.05, 4.69) is 4.99 Å². The molecule has 0 spiro atoms. The molecule has 0 aromatic heterocycles. The molecule has 1 aliphatic heterocycles. The van der Waals surface area contributed by atoms with Gasteiger partial charge in [-0.2, -0.15) is 0 Å². The molecule has 1 heterocycles. The molecule has 2 aliphatic carbocycles. The predicted octanol–water partition coefficient (Wildman–Crippen LogP) is 1.98. The summed E-state index contributed by atoms with van der Waals surface area (Å²) in [6.07, 6.45) is 8.71. The van der Waals surface area contributed by atoms with Crippen molar-refractivity contribution in [1.29, 1.82) is 0 Å². The maximum atomic E-state index is 9.65. The van der Waals surface area contributed by atoms with Crippen LogP contribution >= 0.6 is 0 Å². The van der Waals surface area contributed by atoms with Crippen molar-refractivity contribution in [2.75, 3.05) is 6.61 Å². The maximum absolute atomic E-state index is 9.65. The van der Waals surface area contributed by atoms with Crippen molar-refractivity contribution in [2.24, 2.45) is 10.9 Å². The lowest BCUT2D eigenvalue weighted by Crippen LogP contribution is -2.33. The molecule has 0 aromatic carbocycles. The fraction of sp³-hybridized carbons (Fsp3) is 0.882. The van der Waals surface area contributed by atoms with E-state index in [4.69, 9.17) is 14.3 Å². The third-order valence-corrected chi connectivity index (χ3v) is 5.06. The first kappa shape index (κ1) is 20.9. The number of fused-ring (bicyclic) bond motifs is 1. The molecule has 7 heteroatoms. The zero-order chi connectivity index (χ0) is 16.7. The number of carbonyl (C=O) groups is 1. The Labute approximate surface area is 144 Å². The highest BCUT2D eigenvalue weighted by atomic mass is 16.7. The van der Waals surface area contributed by atoms with E-state index in [1.165, 1.54) is 6.42 Å². The third kappa shape index (κ3) is 6.03. The van der Waals surface area contributed by atoms with Gasteiger partial charge < -0.3 is 30.6 Å². The van der Waals surface area contributed by atoms with Crippen molar-refractivity contribution < 1.29 is 24.5 Å². The molecule has 0 bridgehead atoms. The minimum Gasteiger partial charge on any atom is -0.451 e. The fourth-order valence-electron chi connectivity index (χ4n) is 3.69. The first-order valence-corrected chi connectivity index (χ1v) is 8.73. The van der Waals surface area contributed by atoms with Crippen molar-refractivity contribution in [3.63, 3.8) is 0 Å². The van der Waals surface area contributed by atoms with Gasteiger partial charge >= 0.3 is 6.08 Å². The van der Waals surface area contributed by atoms with E-state index in [1.807, 2.05) is 6.79 Å². The Hall–Kier alpha value is -1.18. The van der Waals surface area contributed by atoms with Crippen molar-refractivity contribution in [3.05, 3.63) is 0 Å². The Balaban J connectivity index is 0.000000925. The van der Waals surface area contributed by atoms with E-state index in [0.717, 1.165) is 44.9 Å². The van der Waals surface area contributed by atoms with Gasteiger partial charge in [-0.05, 0) is 44.4 Å². The zero-order valence-corrected chi connectivity index (χ0v) is 14.4. The van der Waals surface area contributed by atoms with Crippen molar-refractivity contribution in [3.8, 4) is 0 Å². The van der Waals surface area contributed by atoms with Crippen LogP contribution in [-0.4, -0.2) is 54.0 Å². The van der Waals surface area contributed by atoms with E-state index < -0.39 is 0 Å². The minimum atomic E-state index is -0.252. The Bertz CT molecular complexity index is 393. The van der Waals surface area contributed by atoms with E-state index in [0.29, 0.717) is 25.0 Å². The van der Waals surface area contributed by atoms with Crippen LogP contribution in [0.5, 0.6) is 0 Å². The number of aliphatic imine (C=N–C) groups is 1. The van der Waals surface area contributed by atoms with Crippen LogP contribution in [0.2, 0.25) is 0 Å². The normalized spacial score (nSPS) is 35.1. The highest BCUT2D eigenvalue weighted by Gasteiger charge is 2.37. The van der Waals surface area contributed by atoms with Gasteiger partial charge in [-0.15, -0.1) is 0 Å². The number of nitrogens with zero attached hydrogens (tertiary/aromatic N) is 1. The van der Waals surface area contributed by atoms with Crippen LogP contribution in [0.3, 0.4) is 0 Å². The number of ether oxygens (including phenoxy) is 2. The molecule has 2 saturated carbocycles. The molecule has 3 rings (SSSR count). The second kappa shape index (κ2) is 10.6. The van der Waals surface area contributed by atoms with E-state index in [-0.39, 0.29) is 30.5 Å². The summed E-state index contributed by atoms with van der Waals surface area (Å²) < 4.78 is 11.4.